The molecule has 1 saturated carbocycles. The highest BCUT2D eigenvalue weighted by Gasteiger charge is 2.29. The average Bonchev–Trinajstić information content (AvgIpc) is 3.26. The van der Waals surface area contributed by atoms with E-state index in [0.717, 1.165) is 27.2 Å². The molecular weight excluding hydrogens is 365 g/mol. The van der Waals surface area contributed by atoms with Crippen molar-refractivity contribution in [3.05, 3.63) is 33.5 Å². The van der Waals surface area contributed by atoms with Gasteiger partial charge in [0.05, 0.1) is 9.26 Å². The van der Waals surface area contributed by atoms with Crippen molar-refractivity contribution in [1.82, 2.24) is 9.97 Å². The normalized spacial score (nSPS) is 14.3. The van der Waals surface area contributed by atoms with Gasteiger partial charge in [-0.05, 0) is 54.5 Å². The number of aromatic nitrogens is 2. The Balaban J connectivity index is 2.10. The summed E-state index contributed by atoms with van der Waals surface area (Å²) >= 11 is 2.33. The molecule has 0 aliphatic heterocycles. The second-order valence-electron chi connectivity index (χ2n) is 4.95. The van der Waals surface area contributed by atoms with Crippen LogP contribution < -0.4 is 5.32 Å². The Bertz CT molecular complexity index is 641. The zero-order chi connectivity index (χ0) is 14.1. The van der Waals surface area contributed by atoms with Crippen molar-refractivity contribution in [3.8, 4) is 17.1 Å². The summed E-state index contributed by atoms with van der Waals surface area (Å²) in [5.74, 6) is 2.38. The van der Waals surface area contributed by atoms with Crippen LogP contribution in [-0.2, 0) is 0 Å². The van der Waals surface area contributed by atoms with E-state index in [1.54, 1.807) is 12.1 Å². The van der Waals surface area contributed by atoms with E-state index in [9.17, 15) is 5.11 Å². The fourth-order valence-corrected chi connectivity index (χ4v) is 3.02. The number of halogens is 1. The maximum atomic E-state index is 9.62. The number of rotatable bonds is 4. The number of hydrogen-bond acceptors (Lipinski definition) is 4. The van der Waals surface area contributed by atoms with Gasteiger partial charge in [-0.1, -0.05) is 12.1 Å². The van der Waals surface area contributed by atoms with Crippen LogP contribution in [0.25, 0.3) is 11.4 Å². The first-order valence-corrected chi connectivity index (χ1v) is 7.87. The van der Waals surface area contributed by atoms with E-state index >= 15 is 0 Å². The van der Waals surface area contributed by atoms with Crippen molar-refractivity contribution < 1.29 is 5.11 Å². The Kier molecular flexibility index (Phi) is 3.78. The molecule has 20 heavy (non-hydrogen) atoms. The minimum Gasteiger partial charge on any atom is -0.508 e. The fraction of sp³-hybridized carbons (Fsp3) is 0.333. The van der Waals surface area contributed by atoms with Crippen LogP contribution in [0, 0.1) is 3.57 Å². The first kappa shape index (κ1) is 13.6. The first-order chi connectivity index (χ1) is 9.69. The second kappa shape index (κ2) is 5.55. The van der Waals surface area contributed by atoms with Gasteiger partial charge in [-0.25, -0.2) is 9.97 Å². The topological polar surface area (TPSA) is 58.0 Å². The van der Waals surface area contributed by atoms with Gasteiger partial charge >= 0.3 is 0 Å². The number of phenols is 1. The Morgan fingerprint density at radius 2 is 2.15 bits per heavy atom. The maximum Gasteiger partial charge on any atom is 0.161 e. The monoisotopic (exact) mass is 381 g/mol. The van der Waals surface area contributed by atoms with Gasteiger partial charge in [0.1, 0.15) is 11.6 Å². The SMILES string of the molecule is CCNc1nc(-c2cccc(O)c2)nc(C2CC2)c1I. The molecule has 1 aliphatic rings. The lowest BCUT2D eigenvalue weighted by molar-refractivity contribution is 0.475. The largest absolute Gasteiger partial charge is 0.508 e. The van der Waals surface area contributed by atoms with E-state index < -0.39 is 0 Å². The fourth-order valence-electron chi connectivity index (χ4n) is 2.15. The molecule has 0 unspecified atom stereocenters. The van der Waals surface area contributed by atoms with E-state index in [0.29, 0.717) is 11.7 Å². The summed E-state index contributed by atoms with van der Waals surface area (Å²) in [7, 11) is 0. The highest BCUT2D eigenvalue weighted by Crippen LogP contribution is 2.43. The van der Waals surface area contributed by atoms with Crippen molar-refractivity contribution in [2.75, 3.05) is 11.9 Å². The van der Waals surface area contributed by atoms with Gasteiger partial charge in [-0.15, -0.1) is 0 Å². The smallest absolute Gasteiger partial charge is 0.161 e. The van der Waals surface area contributed by atoms with Gasteiger partial charge in [0.15, 0.2) is 5.82 Å². The number of nitrogens with zero attached hydrogens (tertiary/aromatic N) is 2. The summed E-state index contributed by atoms with van der Waals surface area (Å²) in [5.41, 5.74) is 1.98. The number of nitrogens with one attached hydrogen (secondary N) is 1. The van der Waals surface area contributed by atoms with Gasteiger partial charge in [-0.3, -0.25) is 0 Å². The summed E-state index contributed by atoms with van der Waals surface area (Å²) in [6.45, 7) is 2.89. The Labute approximate surface area is 131 Å². The van der Waals surface area contributed by atoms with Crippen molar-refractivity contribution in [2.24, 2.45) is 0 Å². The Morgan fingerprint density at radius 3 is 2.80 bits per heavy atom. The molecule has 2 aromatic rings. The van der Waals surface area contributed by atoms with E-state index in [1.807, 2.05) is 12.1 Å². The second-order valence-corrected chi connectivity index (χ2v) is 6.03. The predicted molar refractivity (Wildman–Crippen MR) is 88.0 cm³/mol. The van der Waals surface area contributed by atoms with E-state index in [-0.39, 0.29) is 5.75 Å². The Hall–Kier alpha value is -1.37. The molecule has 1 aromatic heterocycles. The van der Waals surface area contributed by atoms with Gasteiger partial charge in [0.2, 0.25) is 0 Å². The number of benzene rings is 1. The third-order valence-electron chi connectivity index (χ3n) is 3.29. The first-order valence-electron chi connectivity index (χ1n) is 6.79. The summed E-state index contributed by atoms with van der Waals surface area (Å²) in [6, 6.07) is 7.10. The molecule has 1 aliphatic carbocycles. The molecule has 0 saturated heterocycles. The van der Waals surface area contributed by atoms with Gasteiger partial charge in [0.25, 0.3) is 0 Å². The minimum atomic E-state index is 0.239. The summed E-state index contributed by atoms with van der Waals surface area (Å²) in [4.78, 5) is 9.32. The lowest BCUT2D eigenvalue weighted by Crippen LogP contribution is -2.07. The zero-order valence-corrected chi connectivity index (χ0v) is 13.4. The number of anilines is 1. The van der Waals surface area contributed by atoms with Crippen LogP contribution in [0.2, 0.25) is 0 Å². The molecule has 0 amide bonds. The van der Waals surface area contributed by atoms with E-state index in [2.05, 4.69) is 39.8 Å². The molecule has 1 heterocycles. The van der Waals surface area contributed by atoms with Crippen molar-refractivity contribution in [1.29, 1.82) is 0 Å². The lowest BCUT2D eigenvalue weighted by Gasteiger charge is -2.12. The molecule has 2 N–H and O–H groups in total. The van der Waals surface area contributed by atoms with Gasteiger partial charge in [0, 0.05) is 18.0 Å². The molecule has 5 heteroatoms. The third-order valence-corrected chi connectivity index (χ3v) is 4.35. The molecule has 4 nitrogen and oxygen atoms in total. The quantitative estimate of drug-likeness (QED) is 0.792. The number of hydrogen-bond donors (Lipinski definition) is 2. The third kappa shape index (κ3) is 2.72. The lowest BCUT2D eigenvalue weighted by atomic mass is 10.2. The molecule has 3 rings (SSSR count). The van der Waals surface area contributed by atoms with Gasteiger partial charge in [-0.2, -0.15) is 0 Å². The van der Waals surface area contributed by atoms with E-state index in [1.165, 1.54) is 12.8 Å². The molecule has 0 spiro atoms. The molecule has 0 bridgehead atoms. The van der Waals surface area contributed by atoms with Crippen molar-refractivity contribution in [3.63, 3.8) is 0 Å². The molecule has 1 aromatic carbocycles. The Morgan fingerprint density at radius 1 is 1.35 bits per heavy atom. The number of aromatic hydroxyl groups is 1. The van der Waals surface area contributed by atoms with Crippen LogP contribution in [0.1, 0.15) is 31.4 Å². The molecule has 0 radical (unpaired) electrons. The van der Waals surface area contributed by atoms with Crippen molar-refractivity contribution >= 4 is 28.4 Å². The summed E-state index contributed by atoms with van der Waals surface area (Å²) in [6.07, 6.45) is 2.41. The molecular formula is C15H16IN3O. The minimum absolute atomic E-state index is 0.239. The van der Waals surface area contributed by atoms with Crippen LogP contribution >= 0.6 is 22.6 Å². The van der Waals surface area contributed by atoms with E-state index in [4.69, 9.17) is 4.98 Å². The zero-order valence-electron chi connectivity index (χ0n) is 11.2. The summed E-state index contributed by atoms with van der Waals surface area (Å²) < 4.78 is 1.12. The van der Waals surface area contributed by atoms with Crippen LogP contribution in [-0.4, -0.2) is 21.6 Å². The highest BCUT2D eigenvalue weighted by atomic mass is 127. The molecule has 1 fully saturated rings. The maximum absolute atomic E-state index is 9.62. The number of phenolic OH excluding ortho intramolecular Hbond substituents is 1. The molecule has 104 valence electrons. The van der Waals surface area contributed by atoms with Crippen LogP contribution in [0.15, 0.2) is 24.3 Å². The van der Waals surface area contributed by atoms with Gasteiger partial charge < -0.3 is 10.4 Å². The van der Waals surface area contributed by atoms with Crippen molar-refractivity contribution in [2.45, 2.75) is 25.7 Å². The van der Waals surface area contributed by atoms with Crippen LogP contribution in [0.4, 0.5) is 5.82 Å². The standard InChI is InChI=1S/C15H16IN3O/c1-2-17-15-12(16)13(9-6-7-9)18-14(19-15)10-4-3-5-11(20)8-10/h3-5,8-9,20H,2,6-7H2,1H3,(H,17,18,19). The predicted octanol–water partition coefficient (Wildman–Crippen LogP) is 3.76. The van der Waals surface area contributed by atoms with Crippen LogP contribution in [0.3, 0.4) is 0 Å². The summed E-state index contributed by atoms with van der Waals surface area (Å²) in [5, 5.41) is 12.9. The molecule has 0 atom stereocenters. The van der Waals surface area contributed by atoms with Crippen LogP contribution in [0.5, 0.6) is 5.75 Å². The highest BCUT2D eigenvalue weighted by molar-refractivity contribution is 14.1. The average molecular weight is 381 g/mol.